The Morgan fingerprint density at radius 3 is 2.93 bits per heavy atom. The van der Waals surface area contributed by atoms with Crippen molar-refractivity contribution >= 4 is 0 Å². The van der Waals surface area contributed by atoms with E-state index in [-0.39, 0.29) is 6.10 Å². The molecule has 0 radical (unpaired) electrons. The van der Waals surface area contributed by atoms with Crippen molar-refractivity contribution < 1.29 is 5.11 Å². The Morgan fingerprint density at radius 1 is 1.60 bits per heavy atom. The predicted octanol–water partition coefficient (Wildman–Crippen LogP) is 1.90. The van der Waals surface area contributed by atoms with E-state index in [1.807, 2.05) is 24.1 Å². The SMILES string of the molecule is Cn1cc(CCC(O)CC2CCC2)cn1. The number of rotatable bonds is 5. The first-order valence-electron chi connectivity index (χ1n) is 5.89. The Morgan fingerprint density at radius 2 is 2.40 bits per heavy atom. The summed E-state index contributed by atoms with van der Waals surface area (Å²) in [6.45, 7) is 0. The predicted molar refractivity (Wildman–Crippen MR) is 59.5 cm³/mol. The molecule has 1 aromatic rings. The lowest BCUT2D eigenvalue weighted by atomic mass is 9.81. The topological polar surface area (TPSA) is 38.0 Å². The van der Waals surface area contributed by atoms with Crippen molar-refractivity contribution in [1.29, 1.82) is 0 Å². The monoisotopic (exact) mass is 208 g/mol. The fourth-order valence-corrected chi connectivity index (χ4v) is 2.17. The van der Waals surface area contributed by atoms with E-state index in [1.165, 1.54) is 24.8 Å². The lowest BCUT2D eigenvalue weighted by Crippen LogP contribution is -2.19. The number of aryl methyl sites for hydroxylation is 2. The molecule has 1 fully saturated rings. The van der Waals surface area contributed by atoms with Gasteiger partial charge in [-0.3, -0.25) is 4.68 Å². The number of hydrogen-bond donors (Lipinski definition) is 1. The van der Waals surface area contributed by atoms with E-state index in [4.69, 9.17) is 0 Å². The van der Waals surface area contributed by atoms with Crippen LogP contribution in [0.4, 0.5) is 0 Å². The van der Waals surface area contributed by atoms with Crippen LogP contribution in [0.2, 0.25) is 0 Å². The van der Waals surface area contributed by atoms with Crippen LogP contribution in [-0.2, 0) is 13.5 Å². The molecule has 1 atom stereocenters. The Hall–Kier alpha value is -0.830. The molecule has 15 heavy (non-hydrogen) atoms. The summed E-state index contributed by atoms with van der Waals surface area (Å²) in [5.41, 5.74) is 1.23. The van der Waals surface area contributed by atoms with E-state index in [0.717, 1.165) is 25.2 Å². The van der Waals surface area contributed by atoms with Gasteiger partial charge >= 0.3 is 0 Å². The second-order valence-corrected chi connectivity index (χ2v) is 4.75. The van der Waals surface area contributed by atoms with Crippen LogP contribution >= 0.6 is 0 Å². The first kappa shape index (κ1) is 10.7. The minimum atomic E-state index is -0.115. The van der Waals surface area contributed by atoms with Crippen molar-refractivity contribution in [3.8, 4) is 0 Å². The molecule has 0 aromatic carbocycles. The maximum Gasteiger partial charge on any atom is 0.0546 e. The summed E-state index contributed by atoms with van der Waals surface area (Å²) in [6, 6.07) is 0. The summed E-state index contributed by atoms with van der Waals surface area (Å²) in [4.78, 5) is 0. The number of hydrogen-bond acceptors (Lipinski definition) is 2. The van der Waals surface area contributed by atoms with E-state index >= 15 is 0 Å². The third-order valence-corrected chi connectivity index (χ3v) is 3.35. The third-order valence-electron chi connectivity index (χ3n) is 3.35. The maximum absolute atomic E-state index is 9.83. The van der Waals surface area contributed by atoms with Gasteiger partial charge < -0.3 is 5.11 Å². The highest BCUT2D eigenvalue weighted by atomic mass is 16.3. The number of aromatic nitrogens is 2. The van der Waals surface area contributed by atoms with Crippen molar-refractivity contribution in [2.45, 2.75) is 44.6 Å². The Kier molecular flexibility index (Phi) is 3.41. The van der Waals surface area contributed by atoms with Gasteiger partial charge in [0.15, 0.2) is 0 Å². The van der Waals surface area contributed by atoms with Gasteiger partial charge in [-0.1, -0.05) is 19.3 Å². The minimum absolute atomic E-state index is 0.115. The molecule has 0 amide bonds. The fourth-order valence-electron chi connectivity index (χ4n) is 2.17. The lowest BCUT2D eigenvalue weighted by molar-refractivity contribution is 0.110. The van der Waals surface area contributed by atoms with Gasteiger partial charge in [-0.05, 0) is 30.7 Å². The summed E-state index contributed by atoms with van der Waals surface area (Å²) in [5, 5.41) is 13.9. The first-order valence-corrected chi connectivity index (χ1v) is 5.89. The van der Waals surface area contributed by atoms with Crippen LogP contribution in [-0.4, -0.2) is 21.0 Å². The molecular weight excluding hydrogens is 188 g/mol. The van der Waals surface area contributed by atoms with Gasteiger partial charge in [0.1, 0.15) is 0 Å². The summed E-state index contributed by atoms with van der Waals surface area (Å²) < 4.78 is 1.81. The molecule has 1 aliphatic carbocycles. The van der Waals surface area contributed by atoms with Crippen LogP contribution in [0.3, 0.4) is 0 Å². The molecule has 2 rings (SSSR count). The highest BCUT2D eigenvalue weighted by molar-refractivity contribution is 5.03. The average Bonchev–Trinajstić information content (AvgIpc) is 2.55. The van der Waals surface area contributed by atoms with Gasteiger partial charge in [0.2, 0.25) is 0 Å². The summed E-state index contributed by atoms with van der Waals surface area (Å²) in [7, 11) is 1.92. The number of aliphatic hydroxyl groups excluding tert-OH is 1. The van der Waals surface area contributed by atoms with E-state index in [1.54, 1.807) is 0 Å². The van der Waals surface area contributed by atoms with Crippen molar-refractivity contribution in [3.63, 3.8) is 0 Å². The fraction of sp³-hybridized carbons (Fsp3) is 0.750. The van der Waals surface area contributed by atoms with Crippen molar-refractivity contribution in [3.05, 3.63) is 18.0 Å². The highest BCUT2D eigenvalue weighted by Gasteiger charge is 2.20. The molecule has 0 bridgehead atoms. The van der Waals surface area contributed by atoms with Crippen LogP contribution in [0.25, 0.3) is 0 Å². The molecule has 3 nitrogen and oxygen atoms in total. The Bertz CT molecular complexity index is 304. The zero-order valence-corrected chi connectivity index (χ0v) is 9.39. The molecule has 0 spiro atoms. The molecule has 3 heteroatoms. The van der Waals surface area contributed by atoms with Crippen molar-refractivity contribution in [1.82, 2.24) is 9.78 Å². The molecule has 1 unspecified atom stereocenters. The second-order valence-electron chi connectivity index (χ2n) is 4.75. The summed E-state index contributed by atoms with van der Waals surface area (Å²) >= 11 is 0. The van der Waals surface area contributed by atoms with Gasteiger partial charge in [-0.25, -0.2) is 0 Å². The third kappa shape index (κ3) is 3.06. The first-order chi connectivity index (χ1) is 7.24. The molecule has 1 heterocycles. The van der Waals surface area contributed by atoms with Gasteiger partial charge in [-0.15, -0.1) is 0 Å². The minimum Gasteiger partial charge on any atom is -0.393 e. The Balaban J connectivity index is 1.68. The zero-order valence-electron chi connectivity index (χ0n) is 9.39. The van der Waals surface area contributed by atoms with Crippen molar-refractivity contribution in [2.24, 2.45) is 13.0 Å². The molecule has 1 N–H and O–H groups in total. The van der Waals surface area contributed by atoms with E-state index < -0.39 is 0 Å². The van der Waals surface area contributed by atoms with E-state index in [9.17, 15) is 5.11 Å². The normalized spacial score (nSPS) is 18.8. The largest absolute Gasteiger partial charge is 0.393 e. The van der Waals surface area contributed by atoms with Crippen LogP contribution in [0.15, 0.2) is 12.4 Å². The molecular formula is C12H20N2O. The number of aliphatic hydroxyl groups is 1. The van der Waals surface area contributed by atoms with Gasteiger partial charge in [0.25, 0.3) is 0 Å². The van der Waals surface area contributed by atoms with Gasteiger partial charge in [0, 0.05) is 13.2 Å². The van der Waals surface area contributed by atoms with Crippen LogP contribution in [0.5, 0.6) is 0 Å². The maximum atomic E-state index is 9.83. The Labute approximate surface area is 91.1 Å². The second kappa shape index (κ2) is 4.79. The molecule has 0 aliphatic heterocycles. The van der Waals surface area contributed by atoms with Crippen LogP contribution in [0.1, 0.15) is 37.7 Å². The molecule has 1 aromatic heterocycles. The molecule has 1 saturated carbocycles. The van der Waals surface area contributed by atoms with Gasteiger partial charge in [-0.2, -0.15) is 5.10 Å². The highest BCUT2D eigenvalue weighted by Crippen LogP contribution is 2.31. The zero-order chi connectivity index (χ0) is 10.7. The quantitative estimate of drug-likeness (QED) is 0.802. The molecule has 0 saturated heterocycles. The lowest BCUT2D eigenvalue weighted by Gasteiger charge is -2.27. The smallest absolute Gasteiger partial charge is 0.0546 e. The standard InChI is InChI=1S/C12H20N2O/c1-14-9-11(8-13-14)5-6-12(15)7-10-3-2-4-10/h8-10,12,15H,2-7H2,1H3. The van der Waals surface area contributed by atoms with E-state index in [2.05, 4.69) is 5.10 Å². The van der Waals surface area contributed by atoms with Crippen molar-refractivity contribution in [2.75, 3.05) is 0 Å². The average molecular weight is 208 g/mol. The van der Waals surface area contributed by atoms with E-state index in [0.29, 0.717) is 0 Å². The molecule has 84 valence electrons. The summed E-state index contributed by atoms with van der Waals surface area (Å²) in [5.74, 6) is 0.800. The van der Waals surface area contributed by atoms with Crippen LogP contribution < -0.4 is 0 Å². The molecule has 1 aliphatic rings. The van der Waals surface area contributed by atoms with Crippen LogP contribution in [0, 0.1) is 5.92 Å². The summed E-state index contributed by atoms with van der Waals surface area (Å²) in [6.07, 6.45) is 10.6. The number of nitrogens with zero attached hydrogens (tertiary/aromatic N) is 2. The van der Waals surface area contributed by atoms with Gasteiger partial charge in [0.05, 0.1) is 12.3 Å².